The number of hydrogen-bond donors (Lipinski definition) is 4. The minimum absolute atomic E-state index is 0.332. The van der Waals surface area contributed by atoms with Crippen molar-refractivity contribution in [1.82, 2.24) is 9.97 Å². The van der Waals surface area contributed by atoms with Crippen LogP contribution in [0.4, 0.5) is 27.7 Å². The van der Waals surface area contributed by atoms with Crippen LogP contribution in [-0.2, 0) is 9.47 Å². The van der Waals surface area contributed by atoms with E-state index in [1.54, 1.807) is 71.4 Å². The summed E-state index contributed by atoms with van der Waals surface area (Å²) in [6.45, 7) is 6.09. The number of nitrogens with one attached hydrogen (secondary N) is 3. The van der Waals surface area contributed by atoms with Gasteiger partial charge in [0.15, 0.2) is 17.3 Å². The molecule has 0 spiro atoms. The molecule has 1 amide bonds. The molecule has 0 bridgehead atoms. The Morgan fingerprint density at radius 3 is 2.51 bits per heavy atom. The number of carbonyl (C=O) groups excluding carboxylic acids is 1. The van der Waals surface area contributed by atoms with E-state index in [1.165, 1.54) is 0 Å². The number of anilines is 4. The van der Waals surface area contributed by atoms with Crippen molar-refractivity contribution < 1.29 is 23.7 Å². The number of nitrogens with zero attached hydrogens (tertiary/aromatic N) is 2. The van der Waals surface area contributed by atoms with Crippen molar-refractivity contribution in [3.63, 3.8) is 0 Å². The van der Waals surface area contributed by atoms with Gasteiger partial charge in [0.25, 0.3) is 0 Å². The molecule has 1 aromatic heterocycles. The van der Waals surface area contributed by atoms with E-state index in [2.05, 4.69) is 10.6 Å². The third-order valence-electron chi connectivity index (χ3n) is 5.78. The number of aromatic nitrogens is 2. The third kappa shape index (κ3) is 7.40. The standard InChI is InChI=1S/C30H34N6O5/c1-30(2,3)41-29(37)35-23-10-9-21(14-19(23)17-31)33-28-22-15-26(40-12-11-38-4)25(39-5)16-24(22)34-27(36-28)18-7-6-8-20(32)13-18/h6-10,13-17,31H,11-12,32H2,1-5H3,(H,35,37)(H,33,34,36). The summed E-state index contributed by atoms with van der Waals surface area (Å²) in [5.41, 5.74) is 8.87. The van der Waals surface area contributed by atoms with Crippen LogP contribution in [0.1, 0.15) is 26.3 Å². The molecule has 1 heterocycles. The molecule has 4 rings (SSSR count). The minimum atomic E-state index is -0.652. The van der Waals surface area contributed by atoms with Crippen LogP contribution >= 0.6 is 0 Å². The Hall–Kier alpha value is -4.90. The Balaban J connectivity index is 1.77. The fourth-order valence-electron chi connectivity index (χ4n) is 3.97. The number of rotatable bonds is 10. The number of nitrogen functional groups attached to an aromatic ring is 1. The average Bonchev–Trinajstić information content (AvgIpc) is 2.92. The number of carbonyl (C=O) groups is 1. The van der Waals surface area contributed by atoms with Gasteiger partial charge < -0.3 is 35.4 Å². The number of ether oxygens (including phenoxy) is 4. The van der Waals surface area contributed by atoms with Crippen LogP contribution in [-0.4, -0.2) is 55.3 Å². The van der Waals surface area contributed by atoms with Crippen LogP contribution < -0.4 is 25.8 Å². The maximum atomic E-state index is 12.3. The third-order valence-corrected chi connectivity index (χ3v) is 5.78. The van der Waals surface area contributed by atoms with Gasteiger partial charge in [-0.3, -0.25) is 5.32 Å². The maximum absolute atomic E-state index is 12.3. The Kier molecular flexibility index (Phi) is 8.88. The zero-order valence-electron chi connectivity index (χ0n) is 23.7. The van der Waals surface area contributed by atoms with Crippen molar-refractivity contribution >= 4 is 46.1 Å². The van der Waals surface area contributed by atoms with E-state index in [9.17, 15) is 4.79 Å². The first-order valence-electron chi connectivity index (χ1n) is 12.9. The van der Waals surface area contributed by atoms with Crippen molar-refractivity contribution in [2.75, 3.05) is 43.8 Å². The van der Waals surface area contributed by atoms with Crippen molar-refractivity contribution in [3.05, 3.63) is 60.2 Å². The molecule has 11 nitrogen and oxygen atoms in total. The van der Waals surface area contributed by atoms with Gasteiger partial charge in [-0.1, -0.05) is 12.1 Å². The molecule has 3 aromatic carbocycles. The van der Waals surface area contributed by atoms with Crippen LogP contribution in [0.2, 0.25) is 0 Å². The highest BCUT2D eigenvalue weighted by molar-refractivity contribution is 5.97. The normalized spacial score (nSPS) is 11.1. The molecule has 0 radical (unpaired) electrons. The van der Waals surface area contributed by atoms with Crippen molar-refractivity contribution in [1.29, 1.82) is 5.41 Å². The molecule has 11 heteroatoms. The van der Waals surface area contributed by atoms with E-state index < -0.39 is 11.7 Å². The monoisotopic (exact) mass is 558 g/mol. The second-order valence-corrected chi connectivity index (χ2v) is 10.1. The highest BCUT2D eigenvalue weighted by Gasteiger charge is 2.18. The molecular weight excluding hydrogens is 524 g/mol. The number of hydrogen-bond acceptors (Lipinski definition) is 10. The van der Waals surface area contributed by atoms with E-state index in [1.807, 2.05) is 18.2 Å². The molecule has 0 unspecified atom stereocenters. The fraction of sp³-hybridized carbons (Fsp3) is 0.267. The quantitative estimate of drug-likeness (QED) is 0.104. The van der Waals surface area contributed by atoms with E-state index in [0.717, 1.165) is 11.8 Å². The minimum Gasteiger partial charge on any atom is -0.493 e. The summed E-state index contributed by atoms with van der Waals surface area (Å²) in [6.07, 6.45) is 0.547. The summed E-state index contributed by atoms with van der Waals surface area (Å²) in [6, 6.07) is 16.1. The SMILES string of the molecule is COCCOc1cc2c(Nc3ccc(NC(=O)OC(C)(C)C)c(C=N)c3)nc(-c3cccc(N)c3)nc2cc1OC. The zero-order chi connectivity index (χ0) is 29.6. The molecule has 0 aliphatic heterocycles. The lowest BCUT2D eigenvalue weighted by Gasteiger charge is -2.20. The number of amides is 1. The van der Waals surface area contributed by atoms with Crippen molar-refractivity contribution in [3.8, 4) is 22.9 Å². The first-order chi connectivity index (χ1) is 19.6. The summed E-state index contributed by atoms with van der Waals surface area (Å²) in [5, 5.41) is 14.6. The number of benzene rings is 3. The highest BCUT2D eigenvalue weighted by atomic mass is 16.6. The van der Waals surface area contributed by atoms with Crippen LogP contribution in [0, 0.1) is 5.41 Å². The Morgan fingerprint density at radius 1 is 1.02 bits per heavy atom. The smallest absolute Gasteiger partial charge is 0.412 e. The zero-order valence-corrected chi connectivity index (χ0v) is 23.7. The van der Waals surface area contributed by atoms with E-state index in [-0.39, 0.29) is 0 Å². The van der Waals surface area contributed by atoms with Gasteiger partial charge in [-0.25, -0.2) is 14.8 Å². The molecular formula is C30H34N6O5. The van der Waals surface area contributed by atoms with E-state index >= 15 is 0 Å². The van der Waals surface area contributed by atoms with Gasteiger partial charge in [0.05, 0.1) is 24.9 Å². The Labute approximate surface area is 238 Å². The van der Waals surface area contributed by atoms with Crippen LogP contribution in [0.3, 0.4) is 0 Å². The summed E-state index contributed by atoms with van der Waals surface area (Å²) >= 11 is 0. The molecule has 214 valence electrons. The van der Waals surface area contributed by atoms with Gasteiger partial charge in [0, 0.05) is 47.3 Å². The lowest BCUT2D eigenvalue weighted by Crippen LogP contribution is -2.27. The molecule has 41 heavy (non-hydrogen) atoms. The lowest BCUT2D eigenvalue weighted by atomic mass is 10.1. The second kappa shape index (κ2) is 12.5. The van der Waals surface area contributed by atoms with E-state index in [4.69, 9.17) is 40.1 Å². The van der Waals surface area contributed by atoms with Crippen molar-refractivity contribution in [2.24, 2.45) is 0 Å². The predicted octanol–water partition coefficient (Wildman–Crippen LogP) is 6.00. The first-order valence-corrected chi connectivity index (χ1v) is 12.9. The predicted molar refractivity (Wildman–Crippen MR) is 161 cm³/mol. The maximum Gasteiger partial charge on any atom is 0.412 e. The van der Waals surface area contributed by atoms with Gasteiger partial charge >= 0.3 is 6.09 Å². The molecule has 0 atom stereocenters. The second-order valence-electron chi connectivity index (χ2n) is 10.1. The largest absolute Gasteiger partial charge is 0.493 e. The first kappa shape index (κ1) is 29.1. The van der Waals surface area contributed by atoms with Gasteiger partial charge in [0.2, 0.25) is 0 Å². The molecule has 0 saturated heterocycles. The molecule has 0 aliphatic carbocycles. The van der Waals surface area contributed by atoms with E-state index in [0.29, 0.717) is 69.9 Å². The topological polar surface area (TPSA) is 154 Å². The number of nitrogens with two attached hydrogens (primary N) is 1. The van der Waals surface area contributed by atoms with Crippen LogP contribution in [0.5, 0.6) is 11.5 Å². The highest BCUT2D eigenvalue weighted by Crippen LogP contribution is 2.37. The molecule has 5 N–H and O–H groups in total. The summed E-state index contributed by atoms with van der Waals surface area (Å²) in [5.74, 6) is 1.98. The summed E-state index contributed by atoms with van der Waals surface area (Å²) < 4.78 is 21.9. The molecule has 0 fully saturated rings. The molecule has 0 saturated carbocycles. The Bertz CT molecular complexity index is 1570. The molecule has 4 aromatic rings. The fourth-order valence-corrected chi connectivity index (χ4v) is 3.97. The van der Waals surface area contributed by atoms with Gasteiger partial charge in [0.1, 0.15) is 18.0 Å². The van der Waals surface area contributed by atoms with Gasteiger partial charge in [-0.05, 0) is 57.2 Å². The summed E-state index contributed by atoms with van der Waals surface area (Å²) in [4.78, 5) is 21.9. The van der Waals surface area contributed by atoms with Gasteiger partial charge in [-0.15, -0.1) is 0 Å². The lowest BCUT2D eigenvalue weighted by molar-refractivity contribution is 0.0636. The summed E-state index contributed by atoms with van der Waals surface area (Å²) in [7, 11) is 3.17. The Morgan fingerprint density at radius 2 is 1.83 bits per heavy atom. The van der Waals surface area contributed by atoms with Crippen LogP contribution in [0.15, 0.2) is 54.6 Å². The number of fused-ring (bicyclic) bond motifs is 1. The molecule has 0 aliphatic rings. The van der Waals surface area contributed by atoms with Crippen LogP contribution in [0.25, 0.3) is 22.3 Å². The number of methoxy groups -OCH3 is 2. The average molecular weight is 559 g/mol. The van der Waals surface area contributed by atoms with Gasteiger partial charge in [-0.2, -0.15) is 0 Å². The van der Waals surface area contributed by atoms with Crippen molar-refractivity contribution in [2.45, 2.75) is 26.4 Å².